The quantitative estimate of drug-likeness (QED) is 0.918. The molecule has 4 heteroatoms. The van der Waals surface area contributed by atoms with E-state index in [1.165, 1.54) is 23.4 Å². The number of hydrogen-bond acceptors (Lipinski definition) is 2. The molecule has 0 radical (unpaired) electrons. The van der Waals surface area contributed by atoms with Crippen LogP contribution in [0.25, 0.3) is 0 Å². The summed E-state index contributed by atoms with van der Waals surface area (Å²) in [5, 5.41) is 9.37. The van der Waals surface area contributed by atoms with Gasteiger partial charge in [0.15, 0.2) is 0 Å². The molecule has 0 spiro atoms. The molecule has 0 aliphatic carbocycles. The third kappa shape index (κ3) is 3.44. The Balaban J connectivity index is 2.16. The molecule has 1 heterocycles. The Morgan fingerprint density at radius 1 is 1.30 bits per heavy atom. The summed E-state index contributed by atoms with van der Waals surface area (Å²) in [7, 11) is 0. The van der Waals surface area contributed by atoms with E-state index in [1.807, 2.05) is 32.9 Å². The average Bonchev–Trinajstić information content (AvgIpc) is 2.88. The van der Waals surface area contributed by atoms with Crippen molar-refractivity contribution < 1.29 is 9.90 Å². The molecule has 1 aromatic rings. The van der Waals surface area contributed by atoms with E-state index in [9.17, 15) is 9.90 Å². The van der Waals surface area contributed by atoms with Crippen molar-refractivity contribution in [1.82, 2.24) is 4.90 Å². The van der Waals surface area contributed by atoms with Crippen molar-refractivity contribution in [2.75, 3.05) is 18.0 Å². The summed E-state index contributed by atoms with van der Waals surface area (Å²) < 4.78 is 0. The first-order chi connectivity index (χ1) is 9.38. The number of amides is 1. The van der Waals surface area contributed by atoms with Crippen molar-refractivity contribution in [3.8, 4) is 0 Å². The van der Waals surface area contributed by atoms with Gasteiger partial charge in [-0.25, -0.2) is 4.79 Å². The largest absolute Gasteiger partial charge is 0.465 e. The van der Waals surface area contributed by atoms with E-state index in [1.54, 1.807) is 0 Å². The lowest BCUT2D eigenvalue weighted by molar-refractivity contribution is 0.0956. The highest BCUT2D eigenvalue weighted by Crippen LogP contribution is 2.23. The van der Waals surface area contributed by atoms with E-state index in [2.05, 4.69) is 17.0 Å². The van der Waals surface area contributed by atoms with Crippen molar-refractivity contribution in [3.05, 3.63) is 29.8 Å². The van der Waals surface area contributed by atoms with Gasteiger partial charge in [0.05, 0.1) is 0 Å². The molecule has 110 valence electrons. The molecule has 20 heavy (non-hydrogen) atoms. The van der Waals surface area contributed by atoms with Crippen LogP contribution in [0.5, 0.6) is 0 Å². The van der Waals surface area contributed by atoms with Gasteiger partial charge < -0.3 is 10.0 Å². The lowest BCUT2D eigenvalue weighted by Gasteiger charge is -2.33. The predicted octanol–water partition coefficient (Wildman–Crippen LogP) is 3.57. The predicted molar refractivity (Wildman–Crippen MR) is 81.2 cm³/mol. The standard InChI is InChI=1S/C16H24N2O2/c1-16(2,3)18(15(19)20)12-13-7-6-8-14(11-13)17-9-4-5-10-17/h6-8,11H,4-5,9-10,12H2,1-3H3,(H,19,20). The molecule has 1 aromatic carbocycles. The Hall–Kier alpha value is -1.71. The number of carboxylic acid groups (broad SMARTS) is 1. The molecule has 1 amide bonds. The summed E-state index contributed by atoms with van der Waals surface area (Å²) >= 11 is 0. The van der Waals surface area contributed by atoms with Crippen LogP contribution in [0.3, 0.4) is 0 Å². The van der Waals surface area contributed by atoms with Crippen LogP contribution in [-0.4, -0.2) is 34.7 Å². The highest BCUT2D eigenvalue weighted by Gasteiger charge is 2.26. The highest BCUT2D eigenvalue weighted by atomic mass is 16.4. The monoisotopic (exact) mass is 276 g/mol. The molecule has 0 saturated carbocycles. The van der Waals surface area contributed by atoms with Crippen LogP contribution in [0, 0.1) is 0 Å². The van der Waals surface area contributed by atoms with E-state index in [4.69, 9.17) is 0 Å². The molecule has 1 saturated heterocycles. The second-order valence-electron chi connectivity index (χ2n) is 6.40. The van der Waals surface area contributed by atoms with Crippen molar-refractivity contribution in [3.63, 3.8) is 0 Å². The van der Waals surface area contributed by atoms with Gasteiger partial charge in [0, 0.05) is 30.9 Å². The summed E-state index contributed by atoms with van der Waals surface area (Å²) in [5.41, 5.74) is 1.86. The van der Waals surface area contributed by atoms with Crippen LogP contribution in [0.1, 0.15) is 39.2 Å². The average molecular weight is 276 g/mol. The zero-order valence-electron chi connectivity index (χ0n) is 12.6. The lowest BCUT2D eigenvalue weighted by Crippen LogP contribution is -2.44. The Morgan fingerprint density at radius 3 is 2.50 bits per heavy atom. The maximum absolute atomic E-state index is 11.4. The minimum absolute atomic E-state index is 0.393. The molecule has 0 atom stereocenters. The first-order valence-electron chi connectivity index (χ1n) is 7.22. The van der Waals surface area contributed by atoms with E-state index >= 15 is 0 Å². The van der Waals surface area contributed by atoms with Crippen LogP contribution >= 0.6 is 0 Å². The normalized spacial score (nSPS) is 15.4. The number of benzene rings is 1. The van der Waals surface area contributed by atoms with Crippen molar-refractivity contribution >= 4 is 11.8 Å². The fourth-order valence-corrected chi connectivity index (χ4v) is 2.60. The lowest BCUT2D eigenvalue weighted by atomic mass is 10.0. The number of rotatable bonds is 3. The smallest absolute Gasteiger partial charge is 0.408 e. The minimum atomic E-state index is -0.871. The second kappa shape index (κ2) is 5.73. The summed E-state index contributed by atoms with van der Waals surface area (Å²) in [6.45, 7) is 8.40. The second-order valence-corrected chi connectivity index (χ2v) is 6.40. The first kappa shape index (κ1) is 14.7. The SMILES string of the molecule is CC(C)(C)N(Cc1cccc(N2CCCC2)c1)C(=O)O. The minimum Gasteiger partial charge on any atom is -0.465 e. The molecule has 4 nitrogen and oxygen atoms in total. The van der Waals surface area contributed by atoms with Gasteiger partial charge >= 0.3 is 6.09 Å². The Morgan fingerprint density at radius 2 is 1.95 bits per heavy atom. The topological polar surface area (TPSA) is 43.8 Å². The van der Waals surface area contributed by atoms with Crippen LogP contribution in [-0.2, 0) is 6.54 Å². The summed E-state index contributed by atoms with van der Waals surface area (Å²) in [6.07, 6.45) is 1.62. The number of carbonyl (C=O) groups is 1. The Labute approximate surface area is 121 Å². The van der Waals surface area contributed by atoms with Crippen molar-refractivity contribution in [2.45, 2.75) is 45.7 Å². The van der Waals surface area contributed by atoms with E-state index in [0.29, 0.717) is 6.54 Å². The molecular formula is C16H24N2O2. The fraction of sp³-hybridized carbons (Fsp3) is 0.562. The van der Waals surface area contributed by atoms with Gasteiger partial charge in [0.2, 0.25) is 0 Å². The molecule has 0 unspecified atom stereocenters. The van der Waals surface area contributed by atoms with Gasteiger partial charge in [-0.05, 0) is 51.3 Å². The summed E-state index contributed by atoms with van der Waals surface area (Å²) in [6, 6.07) is 8.25. The van der Waals surface area contributed by atoms with Gasteiger partial charge in [-0.3, -0.25) is 4.90 Å². The van der Waals surface area contributed by atoms with Crippen LogP contribution in [0.2, 0.25) is 0 Å². The summed E-state index contributed by atoms with van der Waals surface area (Å²) in [4.78, 5) is 15.3. The molecule has 2 rings (SSSR count). The maximum atomic E-state index is 11.4. The molecule has 0 aromatic heterocycles. The molecule has 0 bridgehead atoms. The first-order valence-corrected chi connectivity index (χ1v) is 7.22. The molecule has 1 aliphatic heterocycles. The Kier molecular flexibility index (Phi) is 4.21. The molecule has 1 N–H and O–H groups in total. The van der Waals surface area contributed by atoms with Gasteiger partial charge in [-0.2, -0.15) is 0 Å². The fourth-order valence-electron chi connectivity index (χ4n) is 2.60. The molecule has 1 fully saturated rings. The van der Waals surface area contributed by atoms with E-state index < -0.39 is 11.6 Å². The third-order valence-corrected chi connectivity index (χ3v) is 3.76. The maximum Gasteiger partial charge on any atom is 0.408 e. The number of anilines is 1. The van der Waals surface area contributed by atoms with E-state index in [0.717, 1.165) is 18.7 Å². The number of nitrogens with zero attached hydrogens (tertiary/aromatic N) is 2. The van der Waals surface area contributed by atoms with Crippen molar-refractivity contribution in [1.29, 1.82) is 0 Å². The third-order valence-electron chi connectivity index (χ3n) is 3.76. The van der Waals surface area contributed by atoms with Gasteiger partial charge in [-0.15, -0.1) is 0 Å². The van der Waals surface area contributed by atoms with Crippen molar-refractivity contribution in [2.24, 2.45) is 0 Å². The van der Waals surface area contributed by atoms with Crippen LogP contribution < -0.4 is 4.90 Å². The van der Waals surface area contributed by atoms with Gasteiger partial charge in [0.25, 0.3) is 0 Å². The zero-order valence-corrected chi connectivity index (χ0v) is 12.6. The summed E-state index contributed by atoms with van der Waals surface area (Å²) in [5.74, 6) is 0. The van der Waals surface area contributed by atoms with E-state index in [-0.39, 0.29) is 0 Å². The molecule has 1 aliphatic rings. The van der Waals surface area contributed by atoms with Crippen LogP contribution in [0.15, 0.2) is 24.3 Å². The Bertz CT molecular complexity index is 474. The van der Waals surface area contributed by atoms with Crippen LogP contribution in [0.4, 0.5) is 10.5 Å². The molecular weight excluding hydrogens is 252 g/mol. The van der Waals surface area contributed by atoms with Gasteiger partial charge in [-0.1, -0.05) is 12.1 Å². The van der Waals surface area contributed by atoms with Gasteiger partial charge in [0.1, 0.15) is 0 Å². The number of hydrogen-bond donors (Lipinski definition) is 1. The highest BCUT2D eigenvalue weighted by molar-refractivity contribution is 5.66. The zero-order chi connectivity index (χ0) is 14.8.